The Morgan fingerprint density at radius 3 is 2.45 bits per heavy atom. The van der Waals surface area contributed by atoms with Gasteiger partial charge in [0, 0.05) is 37.6 Å². The van der Waals surface area contributed by atoms with Gasteiger partial charge in [0.1, 0.15) is 12.2 Å². The van der Waals surface area contributed by atoms with Crippen LogP contribution in [0.2, 0.25) is 0 Å². The molecular weight excluding hydrogens is 398 g/mol. The standard InChI is InChI=1S/C22H31N5O4/c1-21(2,3)31-20(29)26-11-9-22(10-12-26)16-27(14-18(22)13-24-25-23)19(28)30-15-17-7-5-4-6-8-17/h4-8,18H,9-16H2,1-3H3. The largest absolute Gasteiger partial charge is 0.445 e. The molecule has 0 N–H and O–H groups in total. The lowest BCUT2D eigenvalue weighted by Crippen LogP contribution is -2.48. The molecule has 0 saturated carbocycles. The lowest BCUT2D eigenvalue weighted by molar-refractivity contribution is 0.00611. The summed E-state index contributed by atoms with van der Waals surface area (Å²) >= 11 is 0. The van der Waals surface area contributed by atoms with E-state index in [4.69, 9.17) is 15.0 Å². The van der Waals surface area contributed by atoms with E-state index in [1.54, 1.807) is 9.80 Å². The van der Waals surface area contributed by atoms with Crippen LogP contribution in [0.1, 0.15) is 39.2 Å². The Kier molecular flexibility index (Phi) is 6.95. The van der Waals surface area contributed by atoms with Crippen LogP contribution in [0.5, 0.6) is 0 Å². The Balaban J connectivity index is 1.62. The smallest absolute Gasteiger partial charge is 0.410 e. The van der Waals surface area contributed by atoms with Gasteiger partial charge in [-0.2, -0.15) is 0 Å². The van der Waals surface area contributed by atoms with Crippen LogP contribution in [0.25, 0.3) is 10.4 Å². The highest BCUT2D eigenvalue weighted by Gasteiger charge is 2.50. The van der Waals surface area contributed by atoms with Crippen LogP contribution in [0.4, 0.5) is 9.59 Å². The molecule has 1 spiro atoms. The maximum absolute atomic E-state index is 12.7. The molecule has 2 amide bonds. The van der Waals surface area contributed by atoms with Gasteiger partial charge in [-0.15, -0.1) is 0 Å². The number of benzene rings is 1. The third-order valence-corrected chi connectivity index (χ3v) is 6.05. The first-order valence-electron chi connectivity index (χ1n) is 10.7. The van der Waals surface area contributed by atoms with Crippen molar-refractivity contribution in [1.29, 1.82) is 0 Å². The highest BCUT2D eigenvalue weighted by Crippen LogP contribution is 2.45. The predicted octanol–water partition coefficient (Wildman–Crippen LogP) is 4.58. The first-order valence-corrected chi connectivity index (χ1v) is 10.7. The number of hydrogen-bond donors (Lipinski definition) is 0. The van der Waals surface area contributed by atoms with Gasteiger partial charge < -0.3 is 19.3 Å². The molecule has 0 bridgehead atoms. The third kappa shape index (κ3) is 5.82. The van der Waals surface area contributed by atoms with Gasteiger partial charge in [-0.1, -0.05) is 35.4 Å². The van der Waals surface area contributed by atoms with Crippen molar-refractivity contribution in [3.05, 3.63) is 46.3 Å². The van der Waals surface area contributed by atoms with Crippen molar-refractivity contribution in [3.63, 3.8) is 0 Å². The minimum atomic E-state index is -0.539. The number of carbonyl (C=O) groups excluding carboxylic acids is 2. The summed E-state index contributed by atoms with van der Waals surface area (Å²) in [7, 11) is 0. The van der Waals surface area contributed by atoms with E-state index in [9.17, 15) is 9.59 Å². The molecule has 2 aliphatic heterocycles. The molecule has 2 saturated heterocycles. The van der Waals surface area contributed by atoms with Crippen LogP contribution < -0.4 is 0 Å². The zero-order valence-corrected chi connectivity index (χ0v) is 18.5. The Bertz CT molecular complexity index is 824. The number of ether oxygens (including phenoxy) is 2. The third-order valence-electron chi connectivity index (χ3n) is 6.05. The molecule has 9 heteroatoms. The molecule has 0 aliphatic carbocycles. The predicted molar refractivity (Wildman–Crippen MR) is 115 cm³/mol. The molecule has 1 unspecified atom stereocenters. The molecule has 1 atom stereocenters. The van der Waals surface area contributed by atoms with E-state index in [0.29, 0.717) is 32.7 Å². The van der Waals surface area contributed by atoms with E-state index < -0.39 is 5.60 Å². The van der Waals surface area contributed by atoms with E-state index in [1.165, 1.54) is 0 Å². The molecule has 2 heterocycles. The first-order chi connectivity index (χ1) is 14.7. The highest BCUT2D eigenvalue weighted by atomic mass is 16.6. The number of nitrogens with zero attached hydrogens (tertiary/aromatic N) is 5. The van der Waals surface area contributed by atoms with Crippen molar-refractivity contribution in [1.82, 2.24) is 9.80 Å². The maximum Gasteiger partial charge on any atom is 0.410 e. The van der Waals surface area contributed by atoms with Crippen LogP contribution in [-0.2, 0) is 16.1 Å². The molecule has 2 fully saturated rings. The number of azide groups is 1. The monoisotopic (exact) mass is 429 g/mol. The van der Waals surface area contributed by atoms with E-state index in [2.05, 4.69) is 10.0 Å². The number of rotatable bonds is 4. The summed E-state index contributed by atoms with van der Waals surface area (Å²) in [6, 6.07) is 9.55. The first kappa shape index (κ1) is 22.7. The molecule has 2 aliphatic rings. The van der Waals surface area contributed by atoms with E-state index in [0.717, 1.165) is 18.4 Å². The fourth-order valence-electron chi connectivity index (χ4n) is 4.40. The molecule has 1 aromatic rings. The minimum absolute atomic E-state index is 0.0356. The Labute approximate surface area is 182 Å². The number of likely N-dealkylation sites (tertiary alicyclic amines) is 2. The molecule has 9 nitrogen and oxygen atoms in total. The zero-order chi connectivity index (χ0) is 22.5. The second-order valence-corrected chi connectivity index (χ2v) is 9.36. The van der Waals surface area contributed by atoms with Crippen LogP contribution in [0, 0.1) is 11.3 Å². The fraction of sp³-hybridized carbons (Fsp3) is 0.636. The molecule has 168 valence electrons. The SMILES string of the molecule is CC(C)(C)OC(=O)N1CCC2(CC1)CN(C(=O)OCc1ccccc1)CC2CN=[N+]=[N-]. The van der Waals surface area contributed by atoms with Crippen molar-refractivity contribution in [2.24, 2.45) is 16.4 Å². The van der Waals surface area contributed by atoms with Crippen LogP contribution in [-0.4, -0.2) is 60.3 Å². The van der Waals surface area contributed by atoms with Gasteiger partial charge in [0.05, 0.1) is 0 Å². The van der Waals surface area contributed by atoms with Crippen LogP contribution in [0.3, 0.4) is 0 Å². The average molecular weight is 430 g/mol. The summed E-state index contributed by atoms with van der Waals surface area (Å²) < 4.78 is 11.0. The second-order valence-electron chi connectivity index (χ2n) is 9.36. The lowest BCUT2D eigenvalue weighted by atomic mass is 9.71. The maximum atomic E-state index is 12.7. The Morgan fingerprint density at radius 2 is 1.84 bits per heavy atom. The van der Waals surface area contributed by atoms with E-state index in [1.807, 2.05) is 51.1 Å². The van der Waals surface area contributed by atoms with Crippen molar-refractivity contribution in [2.45, 2.75) is 45.8 Å². The van der Waals surface area contributed by atoms with Gasteiger partial charge in [-0.05, 0) is 56.0 Å². The van der Waals surface area contributed by atoms with Crippen LogP contribution in [0.15, 0.2) is 35.4 Å². The Morgan fingerprint density at radius 1 is 1.16 bits per heavy atom. The Hall–Kier alpha value is -2.93. The number of carbonyl (C=O) groups is 2. The van der Waals surface area contributed by atoms with Gasteiger partial charge in [-0.25, -0.2) is 9.59 Å². The zero-order valence-electron chi connectivity index (χ0n) is 18.5. The van der Waals surface area contributed by atoms with E-state index >= 15 is 0 Å². The minimum Gasteiger partial charge on any atom is -0.445 e. The molecule has 31 heavy (non-hydrogen) atoms. The quantitative estimate of drug-likeness (QED) is 0.396. The van der Waals surface area contributed by atoms with Crippen molar-refractivity contribution < 1.29 is 19.1 Å². The number of hydrogen-bond acceptors (Lipinski definition) is 5. The van der Waals surface area contributed by atoms with Crippen molar-refractivity contribution in [3.8, 4) is 0 Å². The summed E-state index contributed by atoms with van der Waals surface area (Å²) in [5, 5.41) is 3.79. The number of amides is 2. The van der Waals surface area contributed by atoms with Gasteiger partial charge in [0.15, 0.2) is 0 Å². The van der Waals surface area contributed by atoms with Crippen molar-refractivity contribution >= 4 is 12.2 Å². The molecule has 0 aromatic heterocycles. The van der Waals surface area contributed by atoms with E-state index in [-0.39, 0.29) is 30.1 Å². The summed E-state index contributed by atoms with van der Waals surface area (Å²) in [5.74, 6) is 0.0356. The number of piperidine rings is 1. The van der Waals surface area contributed by atoms with Crippen LogP contribution >= 0.6 is 0 Å². The summed E-state index contributed by atoms with van der Waals surface area (Å²) in [6.07, 6.45) is 0.771. The highest BCUT2D eigenvalue weighted by molar-refractivity contribution is 5.69. The van der Waals surface area contributed by atoms with Gasteiger partial charge in [-0.3, -0.25) is 0 Å². The molecular formula is C22H31N5O4. The van der Waals surface area contributed by atoms with Crippen molar-refractivity contribution in [2.75, 3.05) is 32.7 Å². The normalized spacial score (nSPS) is 20.3. The molecule has 1 aromatic carbocycles. The summed E-state index contributed by atoms with van der Waals surface area (Å²) in [5.41, 5.74) is 9.00. The van der Waals surface area contributed by atoms with Gasteiger partial charge in [0.2, 0.25) is 0 Å². The van der Waals surface area contributed by atoms with Gasteiger partial charge >= 0.3 is 12.2 Å². The second kappa shape index (κ2) is 9.47. The topological polar surface area (TPSA) is 108 Å². The summed E-state index contributed by atoms with van der Waals surface area (Å²) in [6.45, 7) is 8.21. The average Bonchev–Trinajstić information content (AvgIpc) is 3.08. The van der Waals surface area contributed by atoms with Gasteiger partial charge in [0.25, 0.3) is 0 Å². The summed E-state index contributed by atoms with van der Waals surface area (Å²) in [4.78, 5) is 31.5. The fourth-order valence-corrected chi connectivity index (χ4v) is 4.40. The molecule has 3 rings (SSSR count). The lowest BCUT2D eigenvalue weighted by Gasteiger charge is -2.42. The molecule has 0 radical (unpaired) electrons.